The molecule has 1 amide bonds. The molecular formula is C22H19Cl2N3O. The molecule has 3 aromatic rings. The number of benzene rings is 2. The lowest BCUT2D eigenvalue weighted by atomic mass is 10.0. The smallest absolute Gasteiger partial charge is 0.253 e. The SMILES string of the molecule is N=C(CNC(=O)c1cncc(Cc2ccc(CCl)cc2)c1)c1cccc(Cl)c1. The molecule has 0 spiro atoms. The van der Waals surface area contributed by atoms with Crippen LogP contribution in [0.2, 0.25) is 5.02 Å². The zero-order valence-electron chi connectivity index (χ0n) is 15.1. The summed E-state index contributed by atoms with van der Waals surface area (Å²) in [7, 11) is 0. The predicted octanol–water partition coefficient (Wildman–Crippen LogP) is 4.86. The summed E-state index contributed by atoms with van der Waals surface area (Å²) in [6.45, 7) is 0.114. The molecule has 0 unspecified atom stereocenters. The van der Waals surface area contributed by atoms with Crippen molar-refractivity contribution in [3.63, 3.8) is 0 Å². The summed E-state index contributed by atoms with van der Waals surface area (Å²) in [6.07, 6.45) is 3.95. The summed E-state index contributed by atoms with van der Waals surface area (Å²) < 4.78 is 0. The van der Waals surface area contributed by atoms with Crippen molar-refractivity contribution in [2.45, 2.75) is 12.3 Å². The summed E-state index contributed by atoms with van der Waals surface area (Å²) in [5, 5.41) is 11.4. The number of carbonyl (C=O) groups is 1. The Hall–Kier alpha value is -2.69. The van der Waals surface area contributed by atoms with Crippen LogP contribution in [0.15, 0.2) is 67.0 Å². The number of aromatic nitrogens is 1. The second-order valence-corrected chi connectivity index (χ2v) is 7.08. The standard InChI is InChI=1S/C22H19Cl2N3O/c23-11-16-6-4-15(5-7-16)8-17-9-19(13-26-12-17)22(28)27-14-21(25)18-2-1-3-20(24)10-18/h1-7,9-10,12-13,25H,8,11,14H2,(H,27,28). The van der Waals surface area contributed by atoms with Gasteiger partial charge < -0.3 is 10.7 Å². The molecule has 0 aliphatic rings. The van der Waals surface area contributed by atoms with Gasteiger partial charge in [0.15, 0.2) is 0 Å². The molecule has 142 valence electrons. The number of rotatable bonds is 7. The van der Waals surface area contributed by atoms with Gasteiger partial charge in [-0.25, -0.2) is 0 Å². The lowest BCUT2D eigenvalue weighted by Crippen LogP contribution is -2.29. The minimum Gasteiger partial charge on any atom is -0.346 e. The van der Waals surface area contributed by atoms with Gasteiger partial charge in [0.1, 0.15) is 0 Å². The van der Waals surface area contributed by atoms with E-state index in [1.165, 1.54) is 6.20 Å². The lowest BCUT2D eigenvalue weighted by Gasteiger charge is -2.09. The quantitative estimate of drug-likeness (QED) is 0.430. The van der Waals surface area contributed by atoms with Crippen molar-refractivity contribution in [2.75, 3.05) is 6.54 Å². The van der Waals surface area contributed by atoms with E-state index in [4.69, 9.17) is 28.6 Å². The molecule has 0 radical (unpaired) electrons. The number of halogens is 2. The van der Waals surface area contributed by atoms with Crippen LogP contribution < -0.4 is 5.32 Å². The van der Waals surface area contributed by atoms with Crippen molar-refractivity contribution in [3.8, 4) is 0 Å². The predicted molar refractivity (Wildman–Crippen MR) is 114 cm³/mol. The molecule has 0 atom stereocenters. The number of pyridine rings is 1. The Morgan fingerprint density at radius 3 is 2.43 bits per heavy atom. The number of hydrogen-bond acceptors (Lipinski definition) is 3. The minimum atomic E-state index is -0.265. The van der Waals surface area contributed by atoms with Gasteiger partial charge in [-0.2, -0.15) is 0 Å². The first-order valence-corrected chi connectivity index (χ1v) is 9.65. The van der Waals surface area contributed by atoms with Crippen LogP contribution in [0.5, 0.6) is 0 Å². The third-order valence-electron chi connectivity index (χ3n) is 4.24. The molecule has 3 rings (SSSR count). The Morgan fingerprint density at radius 2 is 1.71 bits per heavy atom. The van der Waals surface area contributed by atoms with Crippen LogP contribution in [0.25, 0.3) is 0 Å². The van der Waals surface area contributed by atoms with Gasteiger partial charge in [0.25, 0.3) is 5.91 Å². The van der Waals surface area contributed by atoms with Gasteiger partial charge in [0.05, 0.1) is 17.8 Å². The zero-order chi connectivity index (χ0) is 19.9. The number of nitrogens with zero attached hydrogens (tertiary/aromatic N) is 1. The molecular weight excluding hydrogens is 393 g/mol. The van der Waals surface area contributed by atoms with E-state index in [2.05, 4.69) is 10.3 Å². The maximum Gasteiger partial charge on any atom is 0.253 e. The van der Waals surface area contributed by atoms with Gasteiger partial charge >= 0.3 is 0 Å². The molecule has 0 fully saturated rings. The van der Waals surface area contributed by atoms with Crippen molar-refractivity contribution in [1.29, 1.82) is 5.41 Å². The summed E-state index contributed by atoms with van der Waals surface area (Å²) in [4.78, 5) is 16.6. The van der Waals surface area contributed by atoms with Crippen LogP contribution in [0.3, 0.4) is 0 Å². The van der Waals surface area contributed by atoms with E-state index < -0.39 is 0 Å². The van der Waals surface area contributed by atoms with Crippen molar-refractivity contribution in [3.05, 3.63) is 99.8 Å². The Bertz CT molecular complexity index is 987. The average Bonchev–Trinajstić information content (AvgIpc) is 2.72. The first-order valence-electron chi connectivity index (χ1n) is 8.74. The van der Waals surface area contributed by atoms with E-state index >= 15 is 0 Å². The third kappa shape index (κ3) is 5.41. The lowest BCUT2D eigenvalue weighted by molar-refractivity contribution is 0.0959. The van der Waals surface area contributed by atoms with Crippen LogP contribution >= 0.6 is 23.2 Å². The molecule has 2 N–H and O–H groups in total. The van der Waals surface area contributed by atoms with Crippen LogP contribution in [0.4, 0.5) is 0 Å². The second-order valence-electron chi connectivity index (χ2n) is 6.38. The number of alkyl halides is 1. The first-order chi connectivity index (χ1) is 13.5. The van der Waals surface area contributed by atoms with Crippen LogP contribution in [-0.4, -0.2) is 23.1 Å². The van der Waals surface area contributed by atoms with Crippen molar-refractivity contribution < 1.29 is 4.79 Å². The highest BCUT2D eigenvalue weighted by Crippen LogP contribution is 2.13. The molecule has 2 aromatic carbocycles. The van der Waals surface area contributed by atoms with E-state index in [0.717, 1.165) is 16.7 Å². The van der Waals surface area contributed by atoms with Gasteiger partial charge in [-0.3, -0.25) is 9.78 Å². The summed E-state index contributed by atoms with van der Waals surface area (Å²) in [6, 6.07) is 16.9. The third-order valence-corrected chi connectivity index (χ3v) is 4.79. The van der Waals surface area contributed by atoms with E-state index in [9.17, 15) is 4.79 Å². The number of hydrogen-bond donors (Lipinski definition) is 2. The highest BCUT2D eigenvalue weighted by molar-refractivity contribution is 6.31. The summed E-state index contributed by atoms with van der Waals surface area (Å²) in [5.41, 5.74) is 4.57. The fourth-order valence-electron chi connectivity index (χ4n) is 2.74. The van der Waals surface area contributed by atoms with Gasteiger partial charge in [0.2, 0.25) is 0 Å². The van der Waals surface area contributed by atoms with E-state index in [1.807, 2.05) is 30.3 Å². The van der Waals surface area contributed by atoms with E-state index in [0.29, 0.717) is 34.2 Å². The maximum absolute atomic E-state index is 12.4. The van der Waals surface area contributed by atoms with E-state index in [-0.39, 0.29) is 12.5 Å². The molecule has 1 heterocycles. The van der Waals surface area contributed by atoms with Gasteiger partial charge in [0, 0.05) is 23.3 Å². The van der Waals surface area contributed by atoms with Crippen molar-refractivity contribution in [1.82, 2.24) is 10.3 Å². The maximum atomic E-state index is 12.4. The summed E-state index contributed by atoms with van der Waals surface area (Å²) >= 11 is 11.8. The Kier molecular flexibility index (Phi) is 6.80. The van der Waals surface area contributed by atoms with Gasteiger partial charge in [-0.05, 0) is 46.9 Å². The monoisotopic (exact) mass is 411 g/mol. The number of amides is 1. The Balaban J connectivity index is 1.62. The van der Waals surface area contributed by atoms with Crippen molar-refractivity contribution in [2.24, 2.45) is 0 Å². The fourth-order valence-corrected chi connectivity index (χ4v) is 3.11. The fraction of sp³-hybridized carbons (Fsp3) is 0.136. The second kappa shape index (κ2) is 9.49. The van der Waals surface area contributed by atoms with Crippen LogP contribution in [0, 0.1) is 5.41 Å². The zero-order valence-corrected chi connectivity index (χ0v) is 16.6. The molecule has 0 aliphatic heterocycles. The molecule has 6 heteroatoms. The van der Waals surface area contributed by atoms with Crippen LogP contribution in [-0.2, 0) is 12.3 Å². The number of carbonyl (C=O) groups excluding carboxylic acids is 1. The average molecular weight is 412 g/mol. The molecule has 0 saturated heterocycles. The van der Waals surface area contributed by atoms with Crippen molar-refractivity contribution >= 4 is 34.8 Å². The molecule has 0 bridgehead atoms. The highest BCUT2D eigenvalue weighted by Gasteiger charge is 2.09. The Morgan fingerprint density at radius 1 is 0.964 bits per heavy atom. The molecule has 0 aliphatic carbocycles. The molecule has 1 aromatic heterocycles. The normalized spacial score (nSPS) is 10.5. The highest BCUT2D eigenvalue weighted by atomic mass is 35.5. The van der Waals surface area contributed by atoms with E-state index in [1.54, 1.807) is 30.5 Å². The molecule has 0 saturated carbocycles. The molecule has 28 heavy (non-hydrogen) atoms. The van der Waals surface area contributed by atoms with Crippen LogP contribution in [0.1, 0.15) is 32.6 Å². The number of nitrogens with one attached hydrogen (secondary N) is 2. The topological polar surface area (TPSA) is 65.8 Å². The minimum absolute atomic E-state index is 0.114. The summed E-state index contributed by atoms with van der Waals surface area (Å²) in [5.74, 6) is 0.223. The van der Waals surface area contributed by atoms with Gasteiger partial charge in [-0.1, -0.05) is 48.0 Å². The Labute approximate surface area is 174 Å². The van der Waals surface area contributed by atoms with Gasteiger partial charge in [-0.15, -0.1) is 11.6 Å². The largest absolute Gasteiger partial charge is 0.346 e. The first kappa shape index (κ1) is 20.1. The molecule has 4 nitrogen and oxygen atoms in total.